The zero-order chi connectivity index (χ0) is 31.4. The van der Waals surface area contributed by atoms with E-state index >= 15 is 0 Å². The molecule has 0 unspecified atom stereocenters. The number of epoxide rings is 1. The average Bonchev–Trinajstić information content (AvgIpc) is 3.78. The molecule has 0 spiro atoms. The zero-order valence-corrected chi connectivity index (χ0v) is 25.5. The SMILES string of the molecule is COC[C@@H]1NC(=O)c2ccccc2OCCCCCCCOC[C@@H](C(=O)N[C@@H](Cc2ccccc2)C(=O)[C@@]2(C)CO2)NC1=O. The van der Waals surface area contributed by atoms with Crippen LogP contribution in [0.5, 0.6) is 5.75 Å². The number of hydrogen-bond donors (Lipinski definition) is 3. The van der Waals surface area contributed by atoms with Crippen LogP contribution in [0.3, 0.4) is 0 Å². The van der Waals surface area contributed by atoms with Crippen molar-refractivity contribution in [1.82, 2.24) is 16.0 Å². The Balaban J connectivity index is 1.53. The quantitative estimate of drug-likeness (QED) is 0.387. The summed E-state index contributed by atoms with van der Waals surface area (Å²) in [5.41, 5.74) is 0.198. The Morgan fingerprint density at radius 1 is 0.977 bits per heavy atom. The molecule has 2 aliphatic rings. The fourth-order valence-corrected chi connectivity index (χ4v) is 4.99. The molecule has 3 amide bonds. The molecule has 4 atom stereocenters. The van der Waals surface area contributed by atoms with Crippen molar-refractivity contribution in [2.75, 3.05) is 40.1 Å². The van der Waals surface area contributed by atoms with Gasteiger partial charge in [-0.25, -0.2) is 0 Å². The molecule has 1 fully saturated rings. The maximum atomic E-state index is 13.7. The summed E-state index contributed by atoms with van der Waals surface area (Å²) in [6.07, 6.45) is 4.77. The van der Waals surface area contributed by atoms with Crippen molar-refractivity contribution in [3.63, 3.8) is 0 Å². The lowest BCUT2D eigenvalue weighted by Gasteiger charge is -2.26. The van der Waals surface area contributed by atoms with Crippen LogP contribution in [-0.2, 0) is 35.0 Å². The number of amides is 3. The molecule has 11 heteroatoms. The summed E-state index contributed by atoms with van der Waals surface area (Å²) < 4.78 is 22.3. The lowest BCUT2D eigenvalue weighted by Crippen LogP contribution is -2.59. The van der Waals surface area contributed by atoms with Gasteiger partial charge in [0.1, 0.15) is 23.4 Å². The number of hydrogen-bond acceptors (Lipinski definition) is 8. The third-order valence-corrected chi connectivity index (χ3v) is 7.71. The number of para-hydroxylation sites is 1. The van der Waals surface area contributed by atoms with Crippen LogP contribution >= 0.6 is 0 Å². The van der Waals surface area contributed by atoms with Crippen LogP contribution < -0.4 is 20.7 Å². The molecular weight excluding hydrogens is 566 g/mol. The van der Waals surface area contributed by atoms with E-state index < -0.39 is 41.4 Å². The summed E-state index contributed by atoms with van der Waals surface area (Å²) >= 11 is 0. The van der Waals surface area contributed by atoms with Gasteiger partial charge in [-0.2, -0.15) is 0 Å². The number of rotatable bonds is 8. The molecule has 0 bridgehead atoms. The summed E-state index contributed by atoms with van der Waals surface area (Å²) in [5, 5.41) is 8.27. The highest BCUT2D eigenvalue weighted by molar-refractivity contribution is 6.01. The molecule has 0 aromatic heterocycles. The summed E-state index contributed by atoms with van der Waals surface area (Å²) in [4.78, 5) is 53.8. The van der Waals surface area contributed by atoms with Crippen LogP contribution in [0.2, 0.25) is 0 Å². The molecule has 238 valence electrons. The number of Topliss-reactive ketones (excluding diaryl/α,β-unsaturated/α-hetero) is 1. The normalized spacial score (nSPS) is 24.2. The summed E-state index contributed by atoms with van der Waals surface area (Å²) in [5.74, 6) is -1.54. The monoisotopic (exact) mass is 609 g/mol. The number of ketones is 1. The van der Waals surface area contributed by atoms with Crippen LogP contribution in [-0.4, -0.2) is 87.4 Å². The molecule has 4 rings (SSSR count). The molecule has 2 heterocycles. The lowest BCUT2D eigenvalue weighted by atomic mass is 9.94. The molecule has 11 nitrogen and oxygen atoms in total. The van der Waals surface area contributed by atoms with Crippen molar-refractivity contribution in [3.8, 4) is 5.75 Å². The summed E-state index contributed by atoms with van der Waals surface area (Å²) in [6.45, 7) is 2.60. The summed E-state index contributed by atoms with van der Waals surface area (Å²) in [7, 11) is 1.41. The minimum absolute atomic E-state index is 0.109. The number of nitrogens with one attached hydrogen (secondary N) is 3. The van der Waals surface area contributed by atoms with E-state index in [0.717, 1.165) is 37.7 Å². The van der Waals surface area contributed by atoms with Crippen LogP contribution in [0.1, 0.15) is 54.9 Å². The van der Waals surface area contributed by atoms with E-state index in [4.69, 9.17) is 18.9 Å². The van der Waals surface area contributed by atoms with Gasteiger partial charge in [0, 0.05) is 13.7 Å². The largest absolute Gasteiger partial charge is 0.493 e. The van der Waals surface area contributed by atoms with Gasteiger partial charge in [-0.1, -0.05) is 61.7 Å². The van der Waals surface area contributed by atoms with Gasteiger partial charge in [0.05, 0.1) is 38.0 Å². The Kier molecular flexibility index (Phi) is 12.3. The first kappa shape index (κ1) is 33.1. The average molecular weight is 610 g/mol. The molecule has 1 saturated heterocycles. The van der Waals surface area contributed by atoms with E-state index in [0.29, 0.717) is 24.5 Å². The molecular formula is C33H43N3O8. The zero-order valence-electron chi connectivity index (χ0n) is 25.5. The van der Waals surface area contributed by atoms with E-state index in [2.05, 4.69) is 16.0 Å². The highest BCUT2D eigenvalue weighted by Gasteiger charge is 2.50. The summed E-state index contributed by atoms with van der Waals surface area (Å²) in [6, 6.07) is 13.1. The second kappa shape index (κ2) is 16.3. The fraction of sp³-hybridized carbons (Fsp3) is 0.515. The van der Waals surface area contributed by atoms with Crippen molar-refractivity contribution in [2.45, 2.75) is 69.2 Å². The molecule has 44 heavy (non-hydrogen) atoms. The van der Waals surface area contributed by atoms with E-state index in [1.807, 2.05) is 30.3 Å². The van der Waals surface area contributed by atoms with Crippen LogP contribution in [0, 0.1) is 0 Å². The third-order valence-electron chi connectivity index (χ3n) is 7.71. The first-order valence-corrected chi connectivity index (χ1v) is 15.2. The van der Waals surface area contributed by atoms with Gasteiger partial charge >= 0.3 is 0 Å². The number of fused-ring (bicyclic) bond motifs is 1. The van der Waals surface area contributed by atoms with Crippen molar-refractivity contribution in [2.24, 2.45) is 0 Å². The number of ether oxygens (including phenoxy) is 4. The Morgan fingerprint density at radius 3 is 2.39 bits per heavy atom. The molecule has 0 radical (unpaired) electrons. The van der Waals surface area contributed by atoms with E-state index in [-0.39, 0.29) is 32.0 Å². The maximum absolute atomic E-state index is 13.7. The molecule has 0 saturated carbocycles. The minimum Gasteiger partial charge on any atom is -0.493 e. The van der Waals surface area contributed by atoms with E-state index in [1.165, 1.54) is 7.11 Å². The van der Waals surface area contributed by atoms with Crippen molar-refractivity contribution in [3.05, 3.63) is 65.7 Å². The number of benzene rings is 2. The minimum atomic E-state index is -1.13. The number of methoxy groups -OCH3 is 1. The van der Waals surface area contributed by atoms with Gasteiger partial charge in [0.25, 0.3) is 5.91 Å². The third kappa shape index (κ3) is 9.60. The molecule has 2 aromatic rings. The highest BCUT2D eigenvalue weighted by Crippen LogP contribution is 2.29. The number of carbonyl (C=O) groups excluding carboxylic acids is 4. The Labute approximate surface area is 258 Å². The maximum Gasteiger partial charge on any atom is 0.255 e. The van der Waals surface area contributed by atoms with E-state index in [9.17, 15) is 19.2 Å². The fourth-order valence-electron chi connectivity index (χ4n) is 4.99. The van der Waals surface area contributed by atoms with Crippen molar-refractivity contribution >= 4 is 23.5 Å². The standard InChI is InChI=1S/C33H43N3O8/c1-33(22-44-33)29(37)25(19-23-13-7-6-8-14-23)34-32(40)27-21-42-17-11-4-3-5-12-18-43-28-16-10-9-15-24(28)30(38)35-26(20-41-2)31(39)36-27/h6-10,13-16,25-27H,3-5,11-12,17-22H2,1-2H3,(H,34,40)(H,35,38)(H,36,39)/t25-,26-,27-,33+/m0/s1. The molecule has 2 aliphatic heterocycles. The topological polar surface area (TPSA) is 145 Å². The number of carbonyl (C=O) groups is 4. The van der Waals surface area contributed by atoms with E-state index in [1.54, 1.807) is 31.2 Å². The Hall–Kier alpha value is -3.80. The smallest absolute Gasteiger partial charge is 0.255 e. The van der Waals surface area contributed by atoms with Gasteiger partial charge in [-0.15, -0.1) is 0 Å². The van der Waals surface area contributed by atoms with Gasteiger partial charge in [-0.3, -0.25) is 19.2 Å². The highest BCUT2D eigenvalue weighted by atomic mass is 16.6. The van der Waals surface area contributed by atoms with Gasteiger partial charge in [-0.05, 0) is 43.9 Å². The Morgan fingerprint density at radius 2 is 1.66 bits per heavy atom. The first-order chi connectivity index (χ1) is 21.3. The van der Waals surface area contributed by atoms with Crippen LogP contribution in [0.15, 0.2) is 54.6 Å². The van der Waals surface area contributed by atoms with Gasteiger partial charge < -0.3 is 34.9 Å². The van der Waals surface area contributed by atoms with Crippen LogP contribution in [0.25, 0.3) is 0 Å². The second-order valence-corrected chi connectivity index (χ2v) is 11.4. The molecule has 2 aromatic carbocycles. The Bertz CT molecular complexity index is 1270. The predicted octanol–water partition coefficient (Wildman–Crippen LogP) is 2.36. The molecule has 3 N–H and O–H groups in total. The van der Waals surface area contributed by atoms with Gasteiger partial charge in [0.2, 0.25) is 11.8 Å². The second-order valence-electron chi connectivity index (χ2n) is 11.4. The first-order valence-electron chi connectivity index (χ1n) is 15.2. The van der Waals surface area contributed by atoms with Crippen molar-refractivity contribution < 1.29 is 38.1 Å². The van der Waals surface area contributed by atoms with Crippen molar-refractivity contribution in [1.29, 1.82) is 0 Å². The van der Waals surface area contributed by atoms with Crippen LogP contribution in [0.4, 0.5) is 0 Å². The molecule has 0 aliphatic carbocycles. The van der Waals surface area contributed by atoms with Gasteiger partial charge in [0.15, 0.2) is 5.78 Å². The lowest BCUT2D eigenvalue weighted by molar-refractivity contribution is -0.134. The predicted molar refractivity (Wildman–Crippen MR) is 162 cm³/mol.